The van der Waals surface area contributed by atoms with Gasteiger partial charge in [0.2, 0.25) is 0 Å². The van der Waals surface area contributed by atoms with Crippen molar-refractivity contribution in [2.75, 3.05) is 24.6 Å². The molecular formula is C19H27N4O15P3. The highest BCUT2D eigenvalue weighted by molar-refractivity contribution is 7.68. The molecule has 0 bridgehead atoms. The van der Waals surface area contributed by atoms with E-state index in [0.717, 1.165) is 16.8 Å². The molecule has 41 heavy (non-hydrogen) atoms. The first kappa shape index (κ1) is 33.0. The van der Waals surface area contributed by atoms with Gasteiger partial charge in [-0.3, -0.25) is 28.8 Å². The van der Waals surface area contributed by atoms with Crippen LogP contribution in [0.2, 0.25) is 0 Å². The highest BCUT2D eigenvalue weighted by atomic mass is 31.3. The summed E-state index contributed by atoms with van der Waals surface area (Å²) in [5, 5.41) is 13.2. The van der Waals surface area contributed by atoms with Crippen LogP contribution in [0, 0.1) is 0 Å². The summed E-state index contributed by atoms with van der Waals surface area (Å²) in [6.45, 7) is -1.12. The number of rotatable bonds is 13. The second-order valence-corrected chi connectivity index (χ2v) is 13.5. The number of ether oxygens (including phenoxy) is 2. The van der Waals surface area contributed by atoms with Crippen molar-refractivity contribution in [1.29, 1.82) is 0 Å². The Kier molecular flexibility index (Phi) is 11.0. The van der Waals surface area contributed by atoms with Crippen LogP contribution in [0.3, 0.4) is 0 Å². The molecule has 0 radical (unpaired) electrons. The Bertz CT molecular complexity index is 1470. The van der Waals surface area contributed by atoms with Crippen molar-refractivity contribution in [1.82, 2.24) is 9.55 Å². The quantitative estimate of drug-likeness (QED) is 0.143. The van der Waals surface area contributed by atoms with Crippen molar-refractivity contribution in [2.24, 2.45) is 5.73 Å². The molecule has 8 N–H and O–H groups in total. The number of nitrogens with one attached hydrogen (secondary N) is 2. The first-order valence-corrected chi connectivity index (χ1v) is 16.3. The molecule has 1 amide bonds. The predicted octanol–water partition coefficient (Wildman–Crippen LogP) is 0.197. The Labute approximate surface area is 230 Å². The van der Waals surface area contributed by atoms with Crippen LogP contribution in [0.4, 0.5) is 10.5 Å². The van der Waals surface area contributed by atoms with E-state index in [0.29, 0.717) is 5.69 Å². The maximum Gasteiger partial charge on any atom is 0.488 e. The lowest BCUT2D eigenvalue weighted by molar-refractivity contribution is -0.0551. The van der Waals surface area contributed by atoms with Crippen molar-refractivity contribution in [3.63, 3.8) is 0 Å². The second-order valence-electron chi connectivity index (χ2n) is 8.33. The van der Waals surface area contributed by atoms with Crippen molar-refractivity contribution in [3.05, 3.63) is 63.4 Å². The number of amides is 1. The Morgan fingerprint density at radius 1 is 1.07 bits per heavy atom. The largest absolute Gasteiger partial charge is 0.488 e. The number of phosphoric acid groups is 2. The minimum atomic E-state index is -5.64. The van der Waals surface area contributed by atoms with Crippen LogP contribution in [0.1, 0.15) is 12.6 Å². The monoisotopic (exact) mass is 644 g/mol. The number of phosphoric ester groups is 1. The molecule has 1 fully saturated rings. The summed E-state index contributed by atoms with van der Waals surface area (Å²) in [6.07, 6.45) is -7.58. The third kappa shape index (κ3) is 9.78. The maximum absolute atomic E-state index is 12.5. The number of aromatic nitrogens is 2. The van der Waals surface area contributed by atoms with Crippen molar-refractivity contribution in [3.8, 4) is 0 Å². The van der Waals surface area contributed by atoms with Crippen LogP contribution in [0.5, 0.6) is 0 Å². The molecule has 1 aliphatic rings. The van der Waals surface area contributed by atoms with Crippen LogP contribution in [0.15, 0.2) is 52.2 Å². The van der Waals surface area contributed by atoms with Gasteiger partial charge < -0.3 is 35.0 Å². The number of anilines is 1. The standard InChI is InChI=1S/C19H27N4O15P3/c20-8-4-10-39(28,29)37-41(32,33)38-40(30,31)34-11-13-15(25)16(36-19(27)21-12-5-2-1-3-6-12)17(35-13)23-9-7-14(24)22-18(23)26/h1-3,5-7,9,13,15-17,25H,4,8,10-11,20H2,(H,21,27)(H,28,29)(H,30,31)(H,32,33)(H,22,24,26)/t13-,15?,16+,17-/m1/s1. The summed E-state index contributed by atoms with van der Waals surface area (Å²) in [7, 11) is -15.9. The number of hydrogen-bond acceptors (Lipinski definition) is 13. The average molecular weight is 644 g/mol. The number of aliphatic hydroxyl groups excluding tert-OH is 1. The molecule has 0 spiro atoms. The van der Waals surface area contributed by atoms with E-state index < -0.39 is 77.9 Å². The van der Waals surface area contributed by atoms with E-state index in [1.807, 2.05) is 4.98 Å². The van der Waals surface area contributed by atoms with Crippen LogP contribution in [0.25, 0.3) is 0 Å². The summed E-state index contributed by atoms with van der Waals surface area (Å²) in [5.41, 5.74) is 3.71. The zero-order chi connectivity index (χ0) is 30.4. The van der Waals surface area contributed by atoms with Gasteiger partial charge in [-0.25, -0.2) is 23.0 Å². The molecule has 3 rings (SSSR count). The van der Waals surface area contributed by atoms with E-state index >= 15 is 0 Å². The topological polar surface area (TPSA) is 288 Å². The lowest BCUT2D eigenvalue weighted by Gasteiger charge is -2.22. The van der Waals surface area contributed by atoms with Crippen LogP contribution in [-0.2, 0) is 36.3 Å². The number of nitrogens with two attached hydrogens (primary N) is 1. The molecule has 1 aromatic heterocycles. The average Bonchev–Trinajstić information content (AvgIpc) is 3.15. The number of H-pyrrole nitrogens is 1. The molecule has 1 aromatic carbocycles. The number of para-hydroxylation sites is 1. The molecule has 2 heterocycles. The van der Waals surface area contributed by atoms with Crippen LogP contribution in [-0.4, -0.2) is 73.1 Å². The fraction of sp³-hybridized carbons (Fsp3) is 0.421. The third-order valence-electron chi connectivity index (χ3n) is 5.19. The normalized spacial score (nSPS) is 25.0. The van der Waals surface area contributed by atoms with Gasteiger partial charge in [-0.2, -0.15) is 4.31 Å². The fourth-order valence-electron chi connectivity index (χ4n) is 3.46. The molecule has 4 unspecified atom stereocenters. The van der Waals surface area contributed by atoms with E-state index in [-0.39, 0.29) is 13.0 Å². The first-order chi connectivity index (χ1) is 19.1. The van der Waals surface area contributed by atoms with Crippen molar-refractivity contribution >= 4 is 35.0 Å². The van der Waals surface area contributed by atoms with Gasteiger partial charge in [-0.15, -0.1) is 0 Å². The molecule has 2 aromatic rings. The molecule has 19 nitrogen and oxygen atoms in total. The molecule has 1 saturated heterocycles. The van der Waals surface area contributed by atoms with Gasteiger partial charge in [-0.05, 0) is 25.1 Å². The summed E-state index contributed by atoms with van der Waals surface area (Å²) < 4.78 is 60.4. The SMILES string of the molecule is NCCCP(=O)(O)OP(=O)(O)OP(=O)(O)OC[C@H]1O[C@@H](n2ccc(=O)[nH]c2=O)[C@@H](OC(=O)Nc2ccccc2)C1O. The minimum absolute atomic E-state index is 0.0549. The van der Waals surface area contributed by atoms with Gasteiger partial charge >= 0.3 is 35.0 Å². The number of aliphatic hydroxyl groups is 1. The van der Waals surface area contributed by atoms with Gasteiger partial charge in [0.05, 0.1) is 12.8 Å². The lowest BCUT2D eigenvalue weighted by Crippen LogP contribution is -2.41. The fourth-order valence-corrected chi connectivity index (χ4v) is 7.61. The Balaban J connectivity index is 1.74. The number of hydrogen-bond donors (Lipinski definition) is 7. The third-order valence-corrected chi connectivity index (χ3v) is 10.0. The molecule has 0 saturated carbocycles. The minimum Gasteiger partial charge on any atom is -0.438 e. The van der Waals surface area contributed by atoms with Gasteiger partial charge in [0.1, 0.15) is 12.2 Å². The van der Waals surface area contributed by atoms with Gasteiger partial charge in [-0.1, -0.05) is 18.2 Å². The highest BCUT2D eigenvalue weighted by Crippen LogP contribution is 2.67. The number of benzene rings is 1. The molecular weight excluding hydrogens is 617 g/mol. The summed E-state index contributed by atoms with van der Waals surface area (Å²) in [6, 6.07) is 8.90. The summed E-state index contributed by atoms with van der Waals surface area (Å²) in [4.78, 5) is 67.4. The van der Waals surface area contributed by atoms with Gasteiger partial charge in [0, 0.05) is 18.0 Å². The van der Waals surface area contributed by atoms with Crippen molar-refractivity contribution < 1.29 is 60.9 Å². The van der Waals surface area contributed by atoms with E-state index in [4.69, 9.17) is 15.2 Å². The number of carbonyl (C=O) groups excluding carboxylic acids is 1. The number of aromatic amines is 1. The second kappa shape index (κ2) is 13.6. The van der Waals surface area contributed by atoms with E-state index in [9.17, 15) is 47.9 Å². The van der Waals surface area contributed by atoms with Crippen LogP contribution < -0.4 is 22.3 Å². The van der Waals surface area contributed by atoms with Gasteiger partial charge in [0.15, 0.2) is 12.3 Å². The van der Waals surface area contributed by atoms with E-state index in [1.165, 1.54) is 12.1 Å². The summed E-state index contributed by atoms with van der Waals surface area (Å²) >= 11 is 0. The lowest BCUT2D eigenvalue weighted by atomic mass is 10.1. The molecule has 1 aliphatic heterocycles. The Hall–Kier alpha value is -2.50. The molecule has 228 valence electrons. The molecule has 7 atom stereocenters. The van der Waals surface area contributed by atoms with Crippen molar-refractivity contribution in [2.45, 2.75) is 31.0 Å². The van der Waals surface area contributed by atoms with Crippen LogP contribution >= 0.6 is 23.2 Å². The maximum atomic E-state index is 12.5. The highest BCUT2D eigenvalue weighted by Gasteiger charge is 2.49. The Morgan fingerprint density at radius 2 is 1.76 bits per heavy atom. The van der Waals surface area contributed by atoms with E-state index in [2.05, 4.69) is 18.5 Å². The first-order valence-electron chi connectivity index (χ1n) is 11.5. The zero-order valence-electron chi connectivity index (χ0n) is 20.8. The van der Waals surface area contributed by atoms with E-state index in [1.54, 1.807) is 18.2 Å². The zero-order valence-corrected chi connectivity index (χ0v) is 23.5. The summed E-state index contributed by atoms with van der Waals surface area (Å²) in [5.74, 6) is 0. The Morgan fingerprint density at radius 3 is 2.39 bits per heavy atom. The number of carbonyl (C=O) groups is 1. The predicted molar refractivity (Wildman–Crippen MR) is 138 cm³/mol. The smallest absolute Gasteiger partial charge is 0.438 e. The molecule has 22 heteroatoms. The number of nitrogens with zero attached hydrogens (tertiary/aromatic N) is 1. The van der Waals surface area contributed by atoms with Gasteiger partial charge in [0.25, 0.3) is 5.56 Å². The molecule has 0 aliphatic carbocycles.